The summed E-state index contributed by atoms with van der Waals surface area (Å²) in [6, 6.07) is 8.95. The van der Waals surface area contributed by atoms with Crippen LogP contribution < -0.4 is 5.32 Å². The number of piperidine rings is 1. The third-order valence-electron chi connectivity index (χ3n) is 4.77. The van der Waals surface area contributed by atoms with Crippen molar-refractivity contribution >= 4 is 28.9 Å². The van der Waals surface area contributed by atoms with Crippen molar-refractivity contribution in [2.45, 2.75) is 45.1 Å². The number of aromatic amines is 1. The molecule has 5 heteroatoms. The Morgan fingerprint density at radius 2 is 2.22 bits per heavy atom. The number of benzene rings is 1. The molecule has 1 fully saturated rings. The van der Waals surface area contributed by atoms with Crippen LogP contribution in [0.5, 0.6) is 0 Å². The van der Waals surface area contributed by atoms with Gasteiger partial charge in [-0.25, -0.2) is 4.98 Å². The molecule has 2 aromatic rings. The van der Waals surface area contributed by atoms with Gasteiger partial charge in [0.25, 0.3) is 0 Å². The van der Waals surface area contributed by atoms with Crippen LogP contribution in [0.4, 0.5) is 5.82 Å². The maximum atomic E-state index is 5.22. The summed E-state index contributed by atoms with van der Waals surface area (Å²) in [7, 11) is 0. The number of likely N-dealkylation sites (tertiary alicyclic amines) is 1. The summed E-state index contributed by atoms with van der Waals surface area (Å²) in [4.78, 5) is 10.3. The number of anilines is 1. The van der Waals surface area contributed by atoms with E-state index in [2.05, 4.69) is 33.2 Å². The standard InChI is InChI=1S/C18H26N4S/c1-2-14-8-5-6-12-22(14)13-7-11-19-17-15-9-3-4-10-16(15)20-18(23)21-17/h3-4,9-10,14H,2,5-8,11-13H2,1H3,(H2,19,20,21,23)/t14-/m1/s1. The molecule has 0 saturated carbocycles. The first-order valence-electron chi connectivity index (χ1n) is 8.75. The zero-order valence-corrected chi connectivity index (χ0v) is 14.7. The molecule has 3 rings (SSSR count). The molecule has 0 bridgehead atoms. The van der Waals surface area contributed by atoms with Gasteiger partial charge in [0.1, 0.15) is 5.82 Å². The Morgan fingerprint density at radius 1 is 1.35 bits per heavy atom. The minimum Gasteiger partial charge on any atom is -0.369 e. The topological polar surface area (TPSA) is 44.0 Å². The summed E-state index contributed by atoms with van der Waals surface area (Å²) in [5.74, 6) is 0.898. The van der Waals surface area contributed by atoms with Gasteiger partial charge in [-0.15, -0.1) is 0 Å². The average Bonchev–Trinajstić information content (AvgIpc) is 2.58. The number of hydrogen-bond donors (Lipinski definition) is 2. The summed E-state index contributed by atoms with van der Waals surface area (Å²) in [5.41, 5.74) is 1.04. The second-order valence-electron chi connectivity index (χ2n) is 6.31. The molecule has 0 amide bonds. The van der Waals surface area contributed by atoms with Crippen molar-refractivity contribution in [3.63, 3.8) is 0 Å². The zero-order chi connectivity index (χ0) is 16.1. The number of rotatable bonds is 6. The molecule has 1 aliphatic heterocycles. The van der Waals surface area contributed by atoms with Gasteiger partial charge in [-0.3, -0.25) is 0 Å². The van der Waals surface area contributed by atoms with E-state index in [1.807, 2.05) is 18.2 Å². The maximum Gasteiger partial charge on any atom is 0.199 e. The fourth-order valence-electron chi connectivity index (χ4n) is 3.54. The van der Waals surface area contributed by atoms with Crippen molar-refractivity contribution in [1.82, 2.24) is 14.9 Å². The Hall–Kier alpha value is -1.46. The van der Waals surface area contributed by atoms with Gasteiger partial charge in [-0.05, 0) is 56.6 Å². The summed E-state index contributed by atoms with van der Waals surface area (Å²) in [6.45, 7) is 5.67. The highest BCUT2D eigenvalue weighted by Crippen LogP contribution is 2.21. The molecule has 1 aromatic heterocycles. The number of para-hydroxylation sites is 1. The lowest BCUT2D eigenvalue weighted by Crippen LogP contribution is -2.40. The Bertz CT molecular complexity index is 697. The highest BCUT2D eigenvalue weighted by atomic mass is 32.1. The molecule has 1 aromatic carbocycles. The predicted molar refractivity (Wildman–Crippen MR) is 99.5 cm³/mol. The van der Waals surface area contributed by atoms with Gasteiger partial charge in [-0.2, -0.15) is 0 Å². The number of H-pyrrole nitrogens is 1. The SMILES string of the molecule is CC[C@@H]1CCCCN1CCCNc1nc(=S)[nH]c2ccccc12. The van der Waals surface area contributed by atoms with Crippen LogP contribution in [0, 0.1) is 4.77 Å². The first kappa shape index (κ1) is 16.4. The molecular formula is C18H26N4S. The van der Waals surface area contributed by atoms with E-state index in [-0.39, 0.29) is 0 Å². The van der Waals surface area contributed by atoms with E-state index in [0.717, 1.165) is 35.7 Å². The highest BCUT2D eigenvalue weighted by Gasteiger charge is 2.19. The Labute approximate surface area is 143 Å². The molecule has 124 valence electrons. The monoisotopic (exact) mass is 330 g/mol. The van der Waals surface area contributed by atoms with E-state index in [1.54, 1.807) is 0 Å². The average molecular weight is 331 g/mol. The minimum atomic E-state index is 0.535. The van der Waals surface area contributed by atoms with Crippen LogP contribution in [0.1, 0.15) is 39.0 Å². The van der Waals surface area contributed by atoms with Crippen molar-refractivity contribution in [2.75, 3.05) is 25.0 Å². The van der Waals surface area contributed by atoms with Crippen molar-refractivity contribution < 1.29 is 0 Å². The van der Waals surface area contributed by atoms with E-state index < -0.39 is 0 Å². The van der Waals surface area contributed by atoms with E-state index in [1.165, 1.54) is 38.8 Å². The molecule has 0 unspecified atom stereocenters. The molecule has 23 heavy (non-hydrogen) atoms. The van der Waals surface area contributed by atoms with Crippen LogP contribution in [0.15, 0.2) is 24.3 Å². The minimum absolute atomic E-state index is 0.535. The largest absolute Gasteiger partial charge is 0.369 e. The number of nitrogens with zero attached hydrogens (tertiary/aromatic N) is 2. The maximum absolute atomic E-state index is 5.22. The lowest BCUT2D eigenvalue weighted by Gasteiger charge is -2.35. The van der Waals surface area contributed by atoms with Gasteiger partial charge in [-0.1, -0.05) is 25.5 Å². The van der Waals surface area contributed by atoms with Crippen LogP contribution in [0.3, 0.4) is 0 Å². The lowest BCUT2D eigenvalue weighted by molar-refractivity contribution is 0.144. The van der Waals surface area contributed by atoms with E-state index in [9.17, 15) is 0 Å². The fraction of sp³-hybridized carbons (Fsp3) is 0.556. The van der Waals surface area contributed by atoms with E-state index >= 15 is 0 Å². The normalized spacial score (nSPS) is 19.1. The van der Waals surface area contributed by atoms with Gasteiger partial charge in [0.2, 0.25) is 0 Å². The summed E-state index contributed by atoms with van der Waals surface area (Å²) < 4.78 is 0.535. The molecule has 1 atom stereocenters. The molecule has 1 aliphatic rings. The predicted octanol–water partition coefficient (Wildman–Crippen LogP) is 4.36. The number of nitrogens with one attached hydrogen (secondary N) is 2. The van der Waals surface area contributed by atoms with Crippen molar-refractivity contribution in [3.05, 3.63) is 29.0 Å². The first-order chi connectivity index (χ1) is 11.3. The lowest BCUT2D eigenvalue weighted by atomic mass is 10.00. The second kappa shape index (κ2) is 7.88. The molecule has 0 spiro atoms. The van der Waals surface area contributed by atoms with Crippen LogP contribution in [-0.4, -0.2) is 40.5 Å². The second-order valence-corrected chi connectivity index (χ2v) is 6.70. The molecular weight excluding hydrogens is 304 g/mol. The fourth-order valence-corrected chi connectivity index (χ4v) is 3.75. The molecule has 4 nitrogen and oxygen atoms in total. The van der Waals surface area contributed by atoms with Gasteiger partial charge in [0.15, 0.2) is 4.77 Å². The van der Waals surface area contributed by atoms with Crippen molar-refractivity contribution in [1.29, 1.82) is 0 Å². The third kappa shape index (κ3) is 4.09. The summed E-state index contributed by atoms with van der Waals surface area (Å²) in [5, 5.41) is 4.58. The molecule has 0 radical (unpaired) electrons. The molecule has 2 heterocycles. The van der Waals surface area contributed by atoms with E-state index in [4.69, 9.17) is 12.2 Å². The van der Waals surface area contributed by atoms with E-state index in [0.29, 0.717) is 4.77 Å². The molecule has 0 aliphatic carbocycles. The number of hydrogen-bond acceptors (Lipinski definition) is 4. The highest BCUT2D eigenvalue weighted by molar-refractivity contribution is 7.71. The van der Waals surface area contributed by atoms with Crippen molar-refractivity contribution in [2.24, 2.45) is 0 Å². The Balaban J connectivity index is 1.58. The van der Waals surface area contributed by atoms with Crippen molar-refractivity contribution in [3.8, 4) is 0 Å². The molecule has 1 saturated heterocycles. The number of fused-ring (bicyclic) bond motifs is 1. The smallest absolute Gasteiger partial charge is 0.199 e. The van der Waals surface area contributed by atoms with Gasteiger partial charge >= 0.3 is 0 Å². The van der Waals surface area contributed by atoms with Crippen LogP contribution in [0.25, 0.3) is 10.9 Å². The quantitative estimate of drug-likeness (QED) is 0.610. The van der Waals surface area contributed by atoms with Gasteiger partial charge < -0.3 is 15.2 Å². The van der Waals surface area contributed by atoms with Gasteiger partial charge in [0, 0.05) is 24.5 Å². The Kier molecular flexibility index (Phi) is 5.62. The summed E-state index contributed by atoms with van der Waals surface area (Å²) >= 11 is 5.22. The van der Waals surface area contributed by atoms with Crippen LogP contribution >= 0.6 is 12.2 Å². The zero-order valence-electron chi connectivity index (χ0n) is 13.8. The summed E-state index contributed by atoms with van der Waals surface area (Å²) in [6.07, 6.45) is 6.52. The first-order valence-corrected chi connectivity index (χ1v) is 9.15. The van der Waals surface area contributed by atoms with Crippen LogP contribution in [-0.2, 0) is 0 Å². The number of aromatic nitrogens is 2. The van der Waals surface area contributed by atoms with Gasteiger partial charge in [0.05, 0.1) is 5.52 Å². The molecule has 2 N–H and O–H groups in total. The Morgan fingerprint density at radius 3 is 3.09 bits per heavy atom. The van der Waals surface area contributed by atoms with Crippen LogP contribution in [0.2, 0.25) is 0 Å². The third-order valence-corrected chi connectivity index (χ3v) is 4.97.